The van der Waals surface area contributed by atoms with Crippen LogP contribution in [0.4, 0.5) is 5.69 Å². The molecule has 1 aromatic heterocycles. The van der Waals surface area contributed by atoms with Gasteiger partial charge in [-0.1, -0.05) is 30.3 Å². The maximum absolute atomic E-state index is 13.3. The molecule has 1 amide bonds. The number of sulfonamides is 1. The summed E-state index contributed by atoms with van der Waals surface area (Å²) in [7, 11) is -3.77. The second kappa shape index (κ2) is 10.5. The highest BCUT2D eigenvalue weighted by Gasteiger charge is 2.25. The van der Waals surface area contributed by atoms with Gasteiger partial charge in [0.25, 0.3) is 5.91 Å². The highest BCUT2D eigenvalue weighted by molar-refractivity contribution is 9.10. The Kier molecular flexibility index (Phi) is 7.56. The summed E-state index contributed by atoms with van der Waals surface area (Å²) in [5.41, 5.74) is 3.07. The summed E-state index contributed by atoms with van der Waals surface area (Å²) >= 11 is 3.52. The van der Waals surface area contributed by atoms with E-state index in [-0.39, 0.29) is 4.90 Å². The van der Waals surface area contributed by atoms with Gasteiger partial charge in [-0.15, -0.1) is 0 Å². The molecule has 0 fully saturated rings. The number of anilines is 1. The van der Waals surface area contributed by atoms with Crippen molar-refractivity contribution in [2.24, 2.45) is 0 Å². The van der Waals surface area contributed by atoms with E-state index in [0.717, 1.165) is 0 Å². The summed E-state index contributed by atoms with van der Waals surface area (Å²) in [6, 6.07) is 22.6. The molecule has 0 spiro atoms. The van der Waals surface area contributed by atoms with Gasteiger partial charge in [0.15, 0.2) is 0 Å². The van der Waals surface area contributed by atoms with E-state index in [1.54, 1.807) is 100 Å². The first-order chi connectivity index (χ1) is 17.9. The topological polar surface area (TPSA) is 117 Å². The van der Waals surface area contributed by atoms with Gasteiger partial charge in [-0.2, -0.15) is 10.4 Å². The molecule has 0 saturated heterocycles. The number of carbonyl (C=O) groups excluding carboxylic acids is 1. The monoisotopic (exact) mass is 591 g/mol. The third-order valence-electron chi connectivity index (χ3n) is 5.43. The third-order valence-corrected chi connectivity index (χ3v) is 7.90. The van der Waals surface area contributed by atoms with Gasteiger partial charge < -0.3 is 5.32 Å². The zero-order valence-electron chi connectivity index (χ0n) is 21.3. The number of carbonyl (C=O) groups is 1. The number of nitriles is 1. The molecule has 2 N–H and O–H groups in total. The SMILES string of the molecule is Cc1cc(C(=O)Nc2ccc(-c3ccccc3S(=O)(=O)NC(C)(C)C)cc2Br)n(-c2cccc(C#N)c2)n1. The van der Waals surface area contributed by atoms with Crippen LogP contribution in [0, 0.1) is 18.3 Å². The molecule has 0 aliphatic carbocycles. The van der Waals surface area contributed by atoms with Crippen LogP contribution in [0.25, 0.3) is 16.8 Å². The molecule has 0 aliphatic heterocycles. The Hall–Kier alpha value is -3.78. The van der Waals surface area contributed by atoms with E-state index in [1.165, 1.54) is 4.68 Å². The molecule has 0 unspecified atom stereocenters. The molecule has 0 aliphatic rings. The number of halogens is 1. The molecule has 8 nitrogen and oxygen atoms in total. The lowest BCUT2D eigenvalue weighted by atomic mass is 10.1. The lowest BCUT2D eigenvalue weighted by molar-refractivity contribution is 0.101. The van der Waals surface area contributed by atoms with Gasteiger partial charge in [-0.3, -0.25) is 4.79 Å². The maximum Gasteiger partial charge on any atom is 0.274 e. The van der Waals surface area contributed by atoms with E-state index in [2.05, 4.69) is 37.1 Å². The smallest absolute Gasteiger partial charge is 0.274 e. The summed E-state index contributed by atoms with van der Waals surface area (Å²) in [4.78, 5) is 13.4. The van der Waals surface area contributed by atoms with Crippen molar-refractivity contribution >= 4 is 37.5 Å². The van der Waals surface area contributed by atoms with E-state index >= 15 is 0 Å². The molecule has 0 bridgehead atoms. The van der Waals surface area contributed by atoms with Gasteiger partial charge >= 0.3 is 0 Å². The number of aryl methyl sites for hydroxylation is 1. The Bertz CT molecular complexity index is 1680. The van der Waals surface area contributed by atoms with Crippen molar-refractivity contribution in [3.05, 3.63) is 94.2 Å². The quantitative estimate of drug-likeness (QED) is 0.293. The summed E-state index contributed by atoms with van der Waals surface area (Å²) < 4.78 is 30.9. The minimum Gasteiger partial charge on any atom is -0.320 e. The lowest BCUT2D eigenvalue weighted by Crippen LogP contribution is -2.40. The Morgan fingerprint density at radius 2 is 1.76 bits per heavy atom. The van der Waals surface area contributed by atoms with Crippen LogP contribution in [0.5, 0.6) is 0 Å². The van der Waals surface area contributed by atoms with Crippen molar-refractivity contribution in [2.45, 2.75) is 38.1 Å². The van der Waals surface area contributed by atoms with E-state index in [4.69, 9.17) is 0 Å². The van der Waals surface area contributed by atoms with Gasteiger partial charge in [-0.05, 0) is 91.7 Å². The number of nitrogens with zero attached hydrogens (tertiary/aromatic N) is 3. The number of hydrogen-bond donors (Lipinski definition) is 2. The normalized spacial score (nSPS) is 11.7. The van der Waals surface area contributed by atoms with Crippen molar-refractivity contribution in [3.8, 4) is 22.9 Å². The number of benzene rings is 3. The standard InChI is InChI=1S/C28H26BrN5O3S/c1-18-14-25(34(32-18)21-9-7-8-19(15-21)17-30)27(35)31-24-13-12-20(16-23(24)29)22-10-5-6-11-26(22)38(36,37)33-28(2,3)4/h5-16,33H,1-4H3,(H,31,35). The van der Waals surface area contributed by atoms with Crippen LogP contribution >= 0.6 is 15.9 Å². The number of nitrogens with one attached hydrogen (secondary N) is 2. The highest BCUT2D eigenvalue weighted by Crippen LogP contribution is 2.33. The zero-order valence-corrected chi connectivity index (χ0v) is 23.7. The molecule has 194 valence electrons. The second-order valence-electron chi connectivity index (χ2n) is 9.75. The molecular formula is C28H26BrN5O3S. The molecule has 10 heteroatoms. The van der Waals surface area contributed by atoms with Crippen LogP contribution < -0.4 is 10.0 Å². The molecule has 0 saturated carbocycles. The van der Waals surface area contributed by atoms with Crippen LogP contribution in [-0.2, 0) is 10.0 Å². The minimum atomic E-state index is -3.77. The first-order valence-electron chi connectivity index (χ1n) is 11.7. The van der Waals surface area contributed by atoms with Crippen molar-refractivity contribution in [3.63, 3.8) is 0 Å². The fourth-order valence-electron chi connectivity index (χ4n) is 3.93. The molecule has 0 radical (unpaired) electrons. The largest absolute Gasteiger partial charge is 0.320 e. The molecule has 4 rings (SSSR count). The van der Waals surface area contributed by atoms with Gasteiger partial charge in [0.05, 0.1) is 33.6 Å². The fraction of sp³-hybridized carbons (Fsp3) is 0.179. The summed E-state index contributed by atoms with van der Waals surface area (Å²) in [5, 5.41) is 16.5. The first kappa shape index (κ1) is 27.3. The Balaban J connectivity index is 1.65. The van der Waals surface area contributed by atoms with Crippen molar-refractivity contribution in [1.29, 1.82) is 5.26 Å². The summed E-state index contributed by atoms with van der Waals surface area (Å²) in [6.45, 7) is 7.14. The van der Waals surface area contributed by atoms with Crippen LogP contribution in [0.2, 0.25) is 0 Å². The predicted octanol–water partition coefficient (Wildman–Crippen LogP) is 5.81. The van der Waals surface area contributed by atoms with Gasteiger partial charge in [0.2, 0.25) is 10.0 Å². The molecule has 0 atom stereocenters. The first-order valence-corrected chi connectivity index (χ1v) is 14.0. The Morgan fingerprint density at radius 3 is 2.45 bits per heavy atom. The van der Waals surface area contributed by atoms with Crippen LogP contribution in [-0.4, -0.2) is 29.6 Å². The van der Waals surface area contributed by atoms with Gasteiger partial charge in [0, 0.05) is 15.6 Å². The third kappa shape index (κ3) is 6.02. The highest BCUT2D eigenvalue weighted by atomic mass is 79.9. The molecule has 4 aromatic rings. The van der Waals surface area contributed by atoms with E-state index < -0.39 is 21.5 Å². The number of hydrogen-bond acceptors (Lipinski definition) is 5. The van der Waals surface area contributed by atoms with Gasteiger partial charge in [0.1, 0.15) is 5.69 Å². The maximum atomic E-state index is 13.3. The number of rotatable bonds is 6. The molecule has 1 heterocycles. The average molecular weight is 593 g/mol. The van der Waals surface area contributed by atoms with Crippen molar-refractivity contribution in [1.82, 2.24) is 14.5 Å². The van der Waals surface area contributed by atoms with E-state index in [1.807, 2.05) is 0 Å². The van der Waals surface area contributed by atoms with Crippen LogP contribution in [0.3, 0.4) is 0 Å². The second-order valence-corrected chi connectivity index (χ2v) is 12.3. The summed E-state index contributed by atoms with van der Waals surface area (Å²) in [6.07, 6.45) is 0. The molecule has 38 heavy (non-hydrogen) atoms. The van der Waals surface area contributed by atoms with E-state index in [0.29, 0.717) is 43.9 Å². The number of amides is 1. The Morgan fingerprint density at radius 1 is 1.03 bits per heavy atom. The lowest BCUT2D eigenvalue weighted by Gasteiger charge is -2.21. The van der Waals surface area contributed by atoms with Crippen LogP contribution in [0.1, 0.15) is 42.5 Å². The van der Waals surface area contributed by atoms with Gasteiger partial charge in [-0.25, -0.2) is 17.8 Å². The zero-order chi connectivity index (χ0) is 27.7. The van der Waals surface area contributed by atoms with E-state index in [9.17, 15) is 18.5 Å². The van der Waals surface area contributed by atoms with Crippen molar-refractivity contribution < 1.29 is 13.2 Å². The molecule has 3 aromatic carbocycles. The fourth-order valence-corrected chi connectivity index (χ4v) is 6.06. The van der Waals surface area contributed by atoms with Crippen molar-refractivity contribution in [2.75, 3.05) is 5.32 Å². The summed E-state index contributed by atoms with van der Waals surface area (Å²) in [5.74, 6) is -0.390. The minimum absolute atomic E-state index is 0.164. The molecular weight excluding hydrogens is 566 g/mol. The number of aromatic nitrogens is 2. The Labute approximate surface area is 230 Å². The predicted molar refractivity (Wildman–Crippen MR) is 151 cm³/mol. The average Bonchev–Trinajstić information content (AvgIpc) is 3.25. The van der Waals surface area contributed by atoms with Crippen LogP contribution in [0.15, 0.2) is 82.2 Å².